The number of anilines is 2. The average molecular weight is 558 g/mol. The fraction of sp³-hybridized carbons (Fsp3) is 0.621. The first kappa shape index (κ1) is 27.3. The topological polar surface area (TPSA) is 71.3 Å². The SMILES string of the molecule is FCCN(CC1CC1)C1CCC(CNc2nc(N3CCOCC3)cc(-n3c(C(F)F)nc4ccccc43)n2)CC1. The van der Waals surface area contributed by atoms with Gasteiger partial charge in [-0.3, -0.25) is 9.47 Å². The summed E-state index contributed by atoms with van der Waals surface area (Å²) in [4.78, 5) is 18.2. The van der Waals surface area contributed by atoms with E-state index in [-0.39, 0.29) is 12.5 Å². The van der Waals surface area contributed by atoms with Crippen molar-refractivity contribution in [3.63, 3.8) is 0 Å². The largest absolute Gasteiger partial charge is 0.378 e. The number of morpholine rings is 1. The van der Waals surface area contributed by atoms with Crippen LogP contribution in [0.1, 0.15) is 50.8 Å². The first-order chi connectivity index (χ1) is 19.6. The molecule has 0 spiro atoms. The summed E-state index contributed by atoms with van der Waals surface area (Å²) in [5.74, 6) is 2.35. The Hall–Kier alpha value is -2.92. The van der Waals surface area contributed by atoms with Crippen LogP contribution in [0.4, 0.5) is 24.9 Å². The maximum absolute atomic E-state index is 14.1. The monoisotopic (exact) mass is 557 g/mol. The molecule has 1 aliphatic heterocycles. The van der Waals surface area contributed by atoms with Crippen molar-refractivity contribution in [2.45, 2.75) is 51.0 Å². The Kier molecular flexibility index (Phi) is 8.38. The number of fused-ring (bicyclic) bond motifs is 1. The molecule has 3 aliphatic rings. The van der Waals surface area contributed by atoms with Crippen LogP contribution in [-0.4, -0.2) is 83.1 Å². The van der Waals surface area contributed by atoms with Crippen LogP contribution >= 0.6 is 0 Å². The van der Waals surface area contributed by atoms with E-state index in [1.54, 1.807) is 24.3 Å². The molecule has 0 atom stereocenters. The van der Waals surface area contributed by atoms with Gasteiger partial charge in [0, 0.05) is 44.8 Å². The van der Waals surface area contributed by atoms with Crippen LogP contribution in [0.5, 0.6) is 0 Å². The number of nitrogens with zero attached hydrogens (tertiary/aromatic N) is 6. The van der Waals surface area contributed by atoms with Crippen molar-refractivity contribution < 1.29 is 17.9 Å². The summed E-state index contributed by atoms with van der Waals surface area (Å²) < 4.78 is 48.4. The number of alkyl halides is 3. The van der Waals surface area contributed by atoms with Gasteiger partial charge in [-0.15, -0.1) is 0 Å². The highest BCUT2D eigenvalue weighted by Crippen LogP contribution is 2.34. The third kappa shape index (κ3) is 6.20. The molecule has 8 nitrogen and oxygen atoms in total. The van der Waals surface area contributed by atoms with E-state index in [0.29, 0.717) is 80.0 Å². The normalized spacial score (nSPS) is 22.0. The summed E-state index contributed by atoms with van der Waals surface area (Å²) in [6.45, 7) is 4.50. The number of ether oxygens (including phenoxy) is 1. The van der Waals surface area contributed by atoms with Gasteiger partial charge in [0.25, 0.3) is 6.43 Å². The molecule has 0 radical (unpaired) electrons. The summed E-state index contributed by atoms with van der Waals surface area (Å²) in [7, 11) is 0. The molecule has 2 aliphatic carbocycles. The van der Waals surface area contributed by atoms with Crippen molar-refractivity contribution in [2.75, 3.05) is 62.8 Å². The molecule has 1 saturated heterocycles. The van der Waals surface area contributed by atoms with Crippen LogP contribution in [0.2, 0.25) is 0 Å². The van der Waals surface area contributed by atoms with Crippen LogP contribution in [0.15, 0.2) is 30.3 Å². The lowest BCUT2D eigenvalue weighted by molar-refractivity contribution is 0.122. The van der Waals surface area contributed by atoms with Crippen LogP contribution < -0.4 is 10.2 Å². The van der Waals surface area contributed by atoms with Gasteiger partial charge in [-0.25, -0.2) is 18.2 Å². The number of rotatable bonds is 11. The zero-order chi connectivity index (χ0) is 27.5. The summed E-state index contributed by atoms with van der Waals surface area (Å²) in [6.07, 6.45) is 4.06. The summed E-state index contributed by atoms with van der Waals surface area (Å²) >= 11 is 0. The van der Waals surface area contributed by atoms with Gasteiger partial charge < -0.3 is 15.0 Å². The van der Waals surface area contributed by atoms with Crippen molar-refractivity contribution >= 4 is 22.8 Å². The molecule has 0 unspecified atom stereocenters. The van der Waals surface area contributed by atoms with Gasteiger partial charge in [-0.2, -0.15) is 9.97 Å². The Morgan fingerprint density at radius 1 is 0.950 bits per heavy atom. The van der Waals surface area contributed by atoms with E-state index in [4.69, 9.17) is 14.7 Å². The lowest BCUT2D eigenvalue weighted by atomic mass is 9.85. The minimum Gasteiger partial charge on any atom is -0.378 e. The second-order valence-electron chi connectivity index (χ2n) is 11.3. The Morgan fingerprint density at radius 2 is 1.68 bits per heavy atom. The maximum atomic E-state index is 14.1. The van der Waals surface area contributed by atoms with Crippen LogP contribution in [0.3, 0.4) is 0 Å². The summed E-state index contributed by atoms with van der Waals surface area (Å²) in [5, 5.41) is 3.43. The number of benzene rings is 1. The number of nitrogens with one attached hydrogen (secondary N) is 1. The molecule has 1 N–H and O–H groups in total. The molecule has 3 aromatic rings. The lowest BCUT2D eigenvalue weighted by Gasteiger charge is -2.36. The zero-order valence-electron chi connectivity index (χ0n) is 22.8. The van der Waals surface area contributed by atoms with Gasteiger partial charge in [0.1, 0.15) is 18.3 Å². The van der Waals surface area contributed by atoms with E-state index >= 15 is 0 Å². The third-order valence-electron chi connectivity index (χ3n) is 8.49. The number of para-hydroxylation sites is 2. The van der Waals surface area contributed by atoms with E-state index in [2.05, 4.69) is 20.1 Å². The highest BCUT2D eigenvalue weighted by molar-refractivity contribution is 5.78. The fourth-order valence-electron chi connectivity index (χ4n) is 6.12. The molecule has 0 amide bonds. The van der Waals surface area contributed by atoms with Crippen LogP contribution in [0.25, 0.3) is 16.9 Å². The molecule has 2 saturated carbocycles. The average Bonchev–Trinajstić information content (AvgIpc) is 3.72. The second-order valence-corrected chi connectivity index (χ2v) is 11.3. The first-order valence-electron chi connectivity index (χ1n) is 14.6. The quantitative estimate of drug-likeness (QED) is 0.346. The molecule has 11 heteroatoms. The second kappa shape index (κ2) is 12.3. The Balaban J connectivity index is 1.21. The van der Waals surface area contributed by atoms with E-state index in [9.17, 15) is 13.2 Å². The Bertz CT molecular complexity index is 1270. The van der Waals surface area contributed by atoms with Crippen LogP contribution in [0, 0.1) is 11.8 Å². The number of halogens is 3. The molecule has 6 rings (SSSR count). The highest BCUT2D eigenvalue weighted by atomic mass is 19.3. The number of aromatic nitrogens is 4. The summed E-state index contributed by atoms with van der Waals surface area (Å²) in [6, 6.07) is 9.35. The molecule has 3 fully saturated rings. The van der Waals surface area contributed by atoms with Crippen molar-refractivity contribution in [1.29, 1.82) is 0 Å². The van der Waals surface area contributed by atoms with Crippen LogP contribution in [-0.2, 0) is 4.74 Å². The Morgan fingerprint density at radius 3 is 2.40 bits per heavy atom. The van der Waals surface area contributed by atoms with Crippen molar-refractivity contribution in [2.24, 2.45) is 11.8 Å². The molecule has 0 bridgehead atoms. The van der Waals surface area contributed by atoms with Gasteiger partial charge in [0.05, 0.1) is 24.2 Å². The predicted octanol–water partition coefficient (Wildman–Crippen LogP) is 5.24. The zero-order valence-corrected chi connectivity index (χ0v) is 22.8. The minimum atomic E-state index is -2.75. The van der Waals surface area contributed by atoms with Gasteiger partial charge in [-0.05, 0) is 62.5 Å². The smallest absolute Gasteiger partial charge is 0.296 e. The van der Waals surface area contributed by atoms with E-state index in [1.165, 1.54) is 17.4 Å². The van der Waals surface area contributed by atoms with E-state index < -0.39 is 6.43 Å². The molecule has 2 aromatic heterocycles. The molecule has 216 valence electrons. The highest BCUT2D eigenvalue weighted by Gasteiger charge is 2.31. The number of imidazole rings is 1. The van der Waals surface area contributed by atoms with Gasteiger partial charge >= 0.3 is 0 Å². The standard InChI is InChI=1S/C29H38F3N7O/c30-11-12-38(19-21-5-6-21)22-9-7-20(8-10-22)18-33-29-35-25(37-13-15-40-16-14-37)17-26(36-29)39-24-4-2-1-3-23(24)34-28(39)27(31)32/h1-4,17,20-22,27H,5-16,18-19H2,(H,33,35,36). The van der Waals surface area contributed by atoms with Crippen molar-refractivity contribution in [3.8, 4) is 5.82 Å². The Labute approximate surface area is 232 Å². The molecular formula is C29H38F3N7O. The minimum absolute atomic E-state index is 0.285. The van der Waals surface area contributed by atoms with E-state index in [1.807, 2.05) is 6.07 Å². The van der Waals surface area contributed by atoms with Gasteiger partial charge in [0.15, 0.2) is 5.82 Å². The van der Waals surface area contributed by atoms with Crippen molar-refractivity contribution in [3.05, 3.63) is 36.2 Å². The molecule has 40 heavy (non-hydrogen) atoms. The van der Waals surface area contributed by atoms with Crippen molar-refractivity contribution in [1.82, 2.24) is 24.4 Å². The fourth-order valence-corrected chi connectivity index (χ4v) is 6.12. The maximum Gasteiger partial charge on any atom is 0.296 e. The number of hydrogen-bond donors (Lipinski definition) is 1. The van der Waals surface area contributed by atoms with E-state index in [0.717, 1.165) is 38.1 Å². The predicted molar refractivity (Wildman–Crippen MR) is 149 cm³/mol. The summed E-state index contributed by atoms with van der Waals surface area (Å²) in [5.41, 5.74) is 1.08. The lowest BCUT2D eigenvalue weighted by Crippen LogP contribution is -2.41. The molecular weight excluding hydrogens is 519 g/mol. The molecule has 1 aromatic carbocycles. The number of hydrogen-bond acceptors (Lipinski definition) is 7. The first-order valence-corrected chi connectivity index (χ1v) is 14.6. The third-order valence-corrected chi connectivity index (χ3v) is 8.49. The van der Waals surface area contributed by atoms with Gasteiger partial charge in [0.2, 0.25) is 5.95 Å². The van der Waals surface area contributed by atoms with Gasteiger partial charge in [-0.1, -0.05) is 12.1 Å². The molecule has 3 heterocycles.